The molecule has 0 saturated carbocycles. The van der Waals surface area contributed by atoms with E-state index in [2.05, 4.69) is 6.92 Å². The van der Waals surface area contributed by atoms with E-state index in [0.29, 0.717) is 11.5 Å². The quantitative estimate of drug-likeness (QED) is 0.818. The Balaban J connectivity index is 2.11. The molecule has 0 spiro atoms. The second-order valence-corrected chi connectivity index (χ2v) is 6.25. The zero-order valence-corrected chi connectivity index (χ0v) is 14.8. The van der Waals surface area contributed by atoms with Crippen LogP contribution in [0.2, 0.25) is 0 Å². The molecule has 0 heterocycles. The molecule has 3 unspecified atom stereocenters. The predicted molar refractivity (Wildman–Crippen MR) is 96.5 cm³/mol. The summed E-state index contributed by atoms with van der Waals surface area (Å²) in [4.78, 5) is 0. The molecule has 4 heteroatoms. The van der Waals surface area contributed by atoms with Gasteiger partial charge in [0.1, 0.15) is 0 Å². The van der Waals surface area contributed by atoms with Crippen molar-refractivity contribution in [1.29, 1.82) is 0 Å². The van der Waals surface area contributed by atoms with Gasteiger partial charge in [0.05, 0.1) is 20.3 Å². The highest BCUT2D eigenvalue weighted by molar-refractivity contribution is 5.43. The van der Waals surface area contributed by atoms with Crippen LogP contribution in [0.4, 0.5) is 0 Å². The number of aryl methyl sites for hydroxylation is 1. The summed E-state index contributed by atoms with van der Waals surface area (Å²) in [5.74, 6) is 1.52. The van der Waals surface area contributed by atoms with Crippen LogP contribution in [0.3, 0.4) is 0 Å². The number of benzene rings is 2. The topological polar surface area (TPSA) is 64.7 Å². The molecule has 2 aromatic carbocycles. The Morgan fingerprint density at radius 1 is 1.04 bits per heavy atom. The summed E-state index contributed by atoms with van der Waals surface area (Å²) < 4.78 is 10.6. The van der Waals surface area contributed by atoms with Gasteiger partial charge in [-0.15, -0.1) is 0 Å². The van der Waals surface area contributed by atoms with Crippen molar-refractivity contribution < 1.29 is 14.6 Å². The number of ether oxygens (including phenoxy) is 2. The monoisotopic (exact) mass is 329 g/mol. The zero-order valence-electron chi connectivity index (χ0n) is 14.8. The van der Waals surface area contributed by atoms with Crippen molar-refractivity contribution in [3.05, 3.63) is 59.2 Å². The molecule has 2 aromatic rings. The van der Waals surface area contributed by atoms with E-state index in [-0.39, 0.29) is 12.0 Å². The Morgan fingerprint density at radius 2 is 1.71 bits per heavy atom. The smallest absolute Gasteiger partial charge is 0.160 e. The second kappa shape index (κ2) is 8.18. The molecule has 0 saturated heterocycles. The first-order valence-electron chi connectivity index (χ1n) is 8.18. The first-order chi connectivity index (χ1) is 11.5. The van der Waals surface area contributed by atoms with Crippen LogP contribution in [-0.4, -0.2) is 25.4 Å². The minimum Gasteiger partial charge on any atom is -0.493 e. The number of hydrogen-bond donors (Lipinski definition) is 2. The molecule has 4 nitrogen and oxygen atoms in total. The summed E-state index contributed by atoms with van der Waals surface area (Å²) in [5, 5.41) is 10.6. The van der Waals surface area contributed by atoms with Crippen LogP contribution in [0.5, 0.6) is 11.5 Å². The van der Waals surface area contributed by atoms with Crippen molar-refractivity contribution in [3.63, 3.8) is 0 Å². The molecule has 3 N–H and O–H groups in total. The molecule has 3 atom stereocenters. The molecule has 0 aliphatic heterocycles. The zero-order chi connectivity index (χ0) is 17.7. The van der Waals surface area contributed by atoms with E-state index in [0.717, 1.165) is 23.1 Å². The van der Waals surface area contributed by atoms with Crippen LogP contribution in [0.25, 0.3) is 0 Å². The third-order valence-electron chi connectivity index (χ3n) is 4.53. The number of methoxy groups -OCH3 is 2. The molecular weight excluding hydrogens is 302 g/mol. The van der Waals surface area contributed by atoms with Crippen LogP contribution in [0.15, 0.2) is 42.5 Å². The normalized spacial score (nSPS) is 14.8. The lowest BCUT2D eigenvalue weighted by atomic mass is 9.87. The number of hydrogen-bond acceptors (Lipinski definition) is 4. The maximum atomic E-state index is 10.6. The number of rotatable bonds is 7. The Morgan fingerprint density at radius 3 is 2.33 bits per heavy atom. The predicted octanol–water partition coefficient (Wildman–Crippen LogP) is 3.25. The van der Waals surface area contributed by atoms with Gasteiger partial charge >= 0.3 is 0 Å². The number of nitrogens with two attached hydrogens (primary N) is 1. The molecule has 2 rings (SSSR count). The number of aliphatic hydroxyl groups is 1. The average Bonchev–Trinajstić information content (AvgIpc) is 2.60. The van der Waals surface area contributed by atoms with Crippen molar-refractivity contribution in [2.24, 2.45) is 11.7 Å². The van der Waals surface area contributed by atoms with Gasteiger partial charge in [-0.05, 0) is 48.1 Å². The van der Waals surface area contributed by atoms with Gasteiger partial charge in [-0.25, -0.2) is 0 Å². The molecule has 0 aliphatic carbocycles. The minimum absolute atomic E-state index is 0.109. The van der Waals surface area contributed by atoms with Gasteiger partial charge in [0.2, 0.25) is 0 Å². The molecule has 0 radical (unpaired) electrons. The highest BCUT2D eigenvalue weighted by atomic mass is 16.5. The van der Waals surface area contributed by atoms with Gasteiger partial charge in [0.25, 0.3) is 0 Å². The van der Waals surface area contributed by atoms with Crippen LogP contribution in [0, 0.1) is 12.8 Å². The first-order valence-corrected chi connectivity index (χ1v) is 8.18. The molecule has 0 fully saturated rings. The molecule has 0 aromatic heterocycles. The van der Waals surface area contributed by atoms with E-state index in [1.54, 1.807) is 14.2 Å². The average molecular weight is 329 g/mol. The number of aliphatic hydroxyl groups excluding tert-OH is 1. The minimum atomic E-state index is -0.679. The van der Waals surface area contributed by atoms with Gasteiger partial charge in [0.15, 0.2) is 11.5 Å². The standard InChI is InChI=1S/C20H27NO3/c1-13-7-5-6-8-16(13)20(22)19(21)14(2)11-15-9-10-17(23-3)18(12-15)24-4/h5-10,12,14,19-20,22H,11,21H2,1-4H3. The molecule has 0 aliphatic rings. The lowest BCUT2D eigenvalue weighted by molar-refractivity contribution is 0.121. The van der Waals surface area contributed by atoms with Crippen molar-refractivity contribution in [1.82, 2.24) is 0 Å². The van der Waals surface area contributed by atoms with E-state index in [9.17, 15) is 5.11 Å². The third kappa shape index (κ3) is 4.08. The second-order valence-electron chi connectivity index (χ2n) is 6.25. The molecule has 0 amide bonds. The van der Waals surface area contributed by atoms with Crippen LogP contribution in [0.1, 0.15) is 29.7 Å². The highest BCUT2D eigenvalue weighted by Gasteiger charge is 2.24. The summed E-state index contributed by atoms with van der Waals surface area (Å²) in [7, 11) is 3.24. The summed E-state index contributed by atoms with van der Waals surface area (Å²) in [6, 6.07) is 13.3. The van der Waals surface area contributed by atoms with E-state index in [4.69, 9.17) is 15.2 Å². The van der Waals surface area contributed by atoms with E-state index >= 15 is 0 Å². The van der Waals surface area contributed by atoms with Crippen molar-refractivity contribution in [3.8, 4) is 11.5 Å². The van der Waals surface area contributed by atoms with Crippen LogP contribution >= 0.6 is 0 Å². The summed E-state index contributed by atoms with van der Waals surface area (Å²) in [5.41, 5.74) is 9.38. The van der Waals surface area contributed by atoms with Gasteiger partial charge in [-0.1, -0.05) is 37.3 Å². The maximum Gasteiger partial charge on any atom is 0.160 e. The maximum absolute atomic E-state index is 10.6. The third-order valence-corrected chi connectivity index (χ3v) is 4.53. The van der Waals surface area contributed by atoms with E-state index in [1.165, 1.54) is 0 Å². The van der Waals surface area contributed by atoms with Crippen molar-refractivity contribution >= 4 is 0 Å². The van der Waals surface area contributed by atoms with Gasteiger partial charge in [-0.3, -0.25) is 0 Å². The van der Waals surface area contributed by atoms with E-state index < -0.39 is 6.10 Å². The molecule has 24 heavy (non-hydrogen) atoms. The Hall–Kier alpha value is -2.04. The Kier molecular flexibility index (Phi) is 6.23. The Bertz CT molecular complexity index is 672. The van der Waals surface area contributed by atoms with Crippen LogP contribution < -0.4 is 15.2 Å². The lowest BCUT2D eigenvalue weighted by Gasteiger charge is -2.26. The van der Waals surface area contributed by atoms with Gasteiger partial charge in [0, 0.05) is 6.04 Å². The summed E-state index contributed by atoms with van der Waals surface area (Å²) in [6.07, 6.45) is 0.0751. The SMILES string of the molecule is COc1ccc(CC(C)C(N)C(O)c2ccccc2C)cc1OC. The fourth-order valence-electron chi connectivity index (χ4n) is 2.95. The molecule has 130 valence electrons. The van der Waals surface area contributed by atoms with E-state index in [1.807, 2.05) is 49.4 Å². The summed E-state index contributed by atoms with van der Waals surface area (Å²) >= 11 is 0. The molecular formula is C20H27NO3. The van der Waals surface area contributed by atoms with Gasteiger partial charge in [-0.2, -0.15) is 0 Å². The fourth-order valence-corrected chi connectivity index (χ4v) is 2.95. The first kappa shape index (κ1) is 18.3. The highest BCUT2D eigenvalue weighted by Crippen LogP contribution is 2.30. The van der Waals surface area contributed by atoms with Crippen LogP contribution in [-0.2, 0) is 6.42 Å². The van der Waals surface area contributed by atoms with Crippen molar-refractivity contribution in [2.75, 3.05) is 14.2 Å². The fraction of sp³-hybridized carbons (Fsp3) is 0.400. The largest absolute Gasteiger partial charge is 0.493 e. The Labute approximate surface area is 144 Å². The lowest BCUT2D eigenvalue weighted by Crippen LogP contribution is -2.36. The summed E-state index contributed by atoms with van der Waals surface area (Å²) in [6.45, 7) is 4.05. The van der Waals surface area contributed by atoms with Crippen molar-refractivity contribution in [2.45, 2.75) is 32.4 Å². The van der Waals surface area contributed by atoms with Gasteiger partial charge < -0.3 is 20.3 Å². The molecule has 0 bridgehead atoms.